The third-order valence-electron chi connectivity index (χ3n) is 3.55. The maximum absolute atomic E-state index is 12.1. The largest absolute Gasteiger partial charge is 0.379 e. The Hall–Kier alpha value is -0.430. The molecule has 1 amide bonds. The van der Waals surface area contributed by atoms with Gasteiger partial charge in [0.15, 0.2) is 0 Å². The van der Waals surface area contributed by atoms with Crippen molar-refractivity contribution >= 4 is 33.2 Å². The molecule has 1 saturated heterocycles. The van der Waals surface area contributed by atoms with Gasteiger partial charge < -0.3 is 10.1 Å². The highest BCUT2D eigenvalue weighted by Crippen LogP contribution is 2.22. The number of rotatable bonds is 5. The van der Waals surface area contributed by atoms with E-state index in [2.05, 4.69) is 40.0 Å². The number of nitrogens with zero attached hydrogens (tertiary/aromatic N) is 1. The Labute approximate surface area is 132 Å². The van der Waals surface area contributed by atoms with E-state index in [0.717, 1.165) is 35.0 Å². The second-order valence-electron chi connectivity index (χ2n) is 5.27. The third kappa shape index (κ3) is 4.28. The monoisotopic (exact) mass is 360 g/mol. The number of morpholine rings is 1. The quantitative estimate of drug-likeness (QED) is 0.877. The van der Waals surface area contributed by atoms with Gasteiger partial charge in [-0.25, -0.2) is 0 Å². The van der Waals surface area contributed by atoms with E-state index in [1.807, 2.05) is 12.1 Å². The second kappa shape index (κ2) is 7.54. The average Bonchev–Trinajstić information content (AvgIpc) is 2.86. The van der Waals surface area contributed by atoms with Gasteiger partial charge >= 0.3 is 0 Å². The molecule has 6 heteroatoms. The number of amides is 1. The summed E-state index contributed by atoms with van der Waals surface area (Å²) in [6, 6.07) is 4.12. The van der Waals surface area contributed by atoms with Crippen LogP contribution in [0, 0.1) is 5.92 Å². The van der Waals surface area contributed by atoms with E-state index in [0.29, 0.717) is 18.5 Å². The van der Waals surface area contributed by atoms with Crippen LogP contribution in [0.2, 0.25) is 0 Å². The van der Waals surface area contributed by atoms with Crippen molar-refractivity contribution in [3.63, 3.8) is 0 Å². The van der Waals surface area contributed by atoms with E-state index in [4.69, 9.17) is 4.74 Å². The number of hydrogen-bond donors (Lipinski definition) is 1. The molecule has 20 heavy (non-hydrogen) atoms. The fraction of sp³-hybridized carbons (Fsp3) is 0.643. The molecule has 4 nitrogen and oxygen atoms in total. The fourth-order valence-electron chi connectivity index (χ4n) is 2.42. The first kappa shape index (κ1) is 15.9. The summed E-state index contributed by atoms with van der Waals surface area (Å²) in [6.45, 7) is 8.56. The first-order chi connectivity index (χ1) is 9.58. The predicted molar refractivity (Wildman–Crippen MR) is 85.4 cm³/mol. The van der Waals surface area contributed by atoms with Crippen LogP contribution in [0.15, 0.2) is 15.9 Å². The minimum Gasteiger partial charge on any atom is -0.379 e. The molecule has 0 aliphatic carbocycles. The Morgan fingerprint density at radius 2 is 2.15 bits per heavy atom. The van der Waals surface area contributed by atoms with Crippen molar-refractivity contribution < 1.29 is 9.53 Å². The Bertz CT molecular complexity index is 444. The molecule has 0 unspecified atom stereocenters. The maximum Gasteiger partial charge on any atom is 0.261 e. The maximum atomic E-state index is 12.1. The molecule has 0 aromatic carbocycles. The molecular formula is C14H21BrN2O2S. The van der Waals surface area contributed by atoms with Gasteiger partial charge in [-0.3, -0.25) is 9.69 Å². The molecule has 0 saturated carbocycles. The Kier molecular flexibility index (Phi) is 6.01. The lowest BCUT2D eigenvalue weighted by Crippen LogP contribution is -2.51. The van der Waals surface area contributed by atoms with Gasteiger partial charge in [-0.1, -0.05) is 13.8 Å². The molecule has 1 aliphatic heterocycles. The highest BCUT2D eigenvalue weighted by Gasteiger charge is 2.24. The molecule has 1 N–H and O–H groups in total. The van der Waals surface area contributed by atoms with Crippen LogP contribution in [-0.4, -0.2) is 49.7 Å². The molecule has 1 aromatic rings. The van der Waals surface area contributed by atoms with Crippen LogP contribution in [0.25, 0.3) is 0 Å². The highest BCUT2D eigenvalue weighted by atomic mass is 79.9. The number of carbonyl (C=O) groups is 1. The molecule has 2 heterocycles. The van der Waals surface area contributed by atoms with E-state index >= 15 is 0 Å². The van der Waals surface area contributed by atoms with E-state index in [1.165, 1.54) is 11.3 Å². The zero-order chi connectivity index (χ0) is 14.5. The zero-order valence-electron chi connectivity index (χ0n) is 11.9. The lowest BCUT2D eigenvalue weighted by molar-refractivity contribution is 0.00674. The number of thiophene rings is 1. The average molecular weight is 361 g/mol. The Morgan fingerprint density at radius 3 is 2.70 bits per heavy atom. The molecule has 1 atom stereocenters. The first-order valence-electron chi connectivity index (χ1n) is 6.93. The highest BCUT2D eigenvalue weighted by molar-refractivity contribution is 9.11. The summed E-state index contributed by atoms with van der Waals surface area (Å²) in [5.74, 6) is 0.517. The normalized spacial score (nSPS) is 18.2. The minimum atomic E-state index is 0.0135. The molecule has 112 valence electrons. The number of hydrogen-bond acceptors (Lipinski definition) is 4. The van der Waals surface area contributed by atoms with Gasteiger partial charge in [-0.15, -0.1) is 11.3 Å². The van der Waals surface area contributed by atoms with Gasteiger partial charge in [-0.05, 0) is 34.0 Å². The molecule has 1 fully saturated rings. The number of carbonyl (C=O) groups excluding carboxylic acids is 1. The van der Waals surface area contributed by atoms with Crippen LogP contribution >= 0.6 is 27.3 Å². The van der Waals surface area contributed by atoms with Crippen molar-refractivity contribution in [1.82, 2.24) is 10.2 Å². The molecule has 1 aliphatic rings. The van der Waals surface area contributed by atoms with Gasteiger partial charge in [-0.2, -0.15) is 0 Å². The summed E-state index contributed by atoms with van der Waals surface area (Å²) >= 11 is 4.85. The molecular weight excluding hydrogens is 340 g/mol. The lowest BCUT2D eigenvalue weighted by atomic mass is 10.0. The van der Waals surface area contributed by atoms with Gasteiger partial charge in [0.25, 0.3) is 5.91 Å². The predicted octanol–water partition coefficient (Wildman–Crippen LogP) is 2.60. The SMILES string of the molecule is CC(C)[C@H](CNC(=O)c1ccc(Br)s1)N1CCOCC1. The summed E-state index contributed by atoms with van der Waals surface area (Å²) in [6.07, 6.45) is 0. The molecule has 0 bridgehead atoms. The minimum absolute atomic E-state index is 0.0135. The number of nitrogens with one attached hydrogen (secondary N) is 1. The van der Waals surface area contributed by atoms with E-state index in [-0.39, 0.29) is 5.91 Å². The smallest absolute Gasteiger partial charge is 0.261 e. The van der Waals surface area contributed by atoms with Gasteiger partial charge in [0.2, 0.25) is 0 Å². The summed E-state index contributed by atoms with van der Waals surface area (Å²) in [7, 11) is 0. The van der Waals surface area contributed by atoms with Crippen LogP contribution < -0.4 is 5.32 Å². The van der Waals surface area contributed by atoms with Crippen molar-refractivity contribution in [2.24, 2.45) is 5.92 Å². The number of ether oxygens (including phenoxy) is 1. The number of halogens is 1. The first-order valence-corrected chi connectivity index (χ1v) is 8.54. The van der Waals surface area contributed by atoms with Crippen molar-refractivity contribution in [3.8, 4) is 0 Å². The van der Waals surface area contributed by atoms with Gasteiger partial charge in [0.05, 0.1) is 21.9 Å². The second-order valence-corrected chi connectivity index (χ2v) is 7.74. The van der Waals surface area contributed by atoms with Crippen molar-refractivity contribution in [1.29, 1.82) is 0 Å². The van der Waals surface area contributed by atoms with Gasteiger partial charge in [0, 0.05) is 25.7 Å². The fourth-order valence-corrected chi connectivity index (χ4v) is 3.72. The Morgan fingerprint density at radius 1 is 1.45 bits per heavy atom. The van der Waals surface area contributed by atoms with E-state index in [1.54, 1.807) is 0 Å². The molecule has 0 radical (unpaired) electrons. The van der Waals surface area contributed by atoms with Crippen LogP contribution in [0.1, 0.15) is 23.5 Å². The zero-order valence-corrected chi connectivity index (χ0v) is 14.3. The summed E-state index contributed by atoms with van der Waals surface area (Å²) in [4.78, 5) is 15.3. The summed E-state index contributed by atoms with van der Waals surface area (Å²) in [5, 5.41) is 3.06. The van der Waals surface area contributed by atoms with Crippen molar-refractivity contribution in [2.45, 2.75) is 19.9 Å². The summed E-state index contributed by atoms with van der Waals surface area (Å²) in [5.41, 5.74) is 0. The third-order valence-corrected chi connectivity index (χ3v) is 5.18. The Balaban J connectivity index is 1.90. The topological polar surface area (TPSA) is 41.6 Å². The van der Waals surface area contributed by atoms with E-state index < -0.39 is 0 Å². The standard InChI is InChI=1S/C14H21BrN2O2S/c1-10(2)11(17-5-7-19-8-6-17)9-16-14(18)12-3-4-13(15)20-12/h3-4,10-11H,5-9H2,1-2H3,(H,16,18)/t11-/m0/s1. The molecule has 2 rings (SSSR count). The van der Waals surface area contributed by atoms with Crippen LogP contribution in [0.4, 0.5) is 0 Å². The van der Waals surface area contributed by atoms with E-state index in [9.17, 15) is 4.79 Å². The van der Waals surface area contributed by atoms with Gasteiger partial charge in [0.1, 0.15) is 0 Å². The lowest BCUT2D eigenvalue weighted by Gasteiger charge is -2.36. The molecule has 1 aromatic heterocycles. The summed E-state index contributed by atoms with van der Waals surface area (Å²) < 4.78 is 6.38. The van der Waals surface area contributed by atoms with Crippen LogP contribution in [0.3, 0.4) is 0 Å². The van der Waals surface area contributed by atoms with Crippen molar-refractivity contribution in [3.05, 3.63) is 20.8 Å². The van der Waals surface area contributed by atoms with Crippen LogP contribution in [-0.2, 0) is 4.74 Å². The van der Waals surface area contributed by atoms with Crippen LogP contribution in [0.5, 0.6) is 0 Å². The van der Waals surface area contributed by atoms with Crippen molar-refractivity contribution in [2.75, 3.05) is 32.8 Å². The molecule has 0 spiro atoms.